The van der Waals surface area contributed by atoms with Gasteiger partial charge in [0.1, 0.15) is 5.76 Å². The standard InChI is InChI=1S/C13H9N3O2/c14-8-10-3-5-11(6-4-10)13(17)16-15-9-12-2-1-7-18-12/h1-7,9H,(H,16,17)/b15-9-. The van der Waals surface area contributed by atoms with Crippen LogP contribution >= 0.6 is 0 Å². The van der Waals surface area contributed by atoms with Crippen molar-refractivity contribution in [3.05, 3.63) is 59.5 Å². The maximum atomic E-state index is 11.6. The molecule has 0 unspecified atom stereocenters. The number of carbonyl (C=O) groups is 1. The lowest BCUT2D eigenvalue weighted by Gasteiger charge is -1.98. The van der Waals surface area contributed by atoms with Crippen LogP contribution in [0, 0.1) is 11.3 Å². The number of furan rings is 1. The molecule has 0 bridgehead atoms. The second-order valence-corrected chi connectivity index (χ2v) is 3.40. The van der Waals surface area contributed by atoms with E-state index in [0.717, 1.165) is 0 Å². The van der Waals surface area contributed by atoms with Crippen LogP contribution in [0.3, 0.4) is 0 Å². The second kappa shape index (κ2) is 5.46. The van der Waals surface area contributed by atoms with Crippen LogP contribution in [-0.4, -0.2) is 12.1 Å². The highest BCUT2D eigenvalue weighted by Gasteiger charge is 2.03. The number of nitrogens with one attached hydrogen (secondary N) is 1. The van der Waals surface area contributed by atoms with Gasteiger partial charge in [-0.05, 0) is 36.4 Å². The highest BCUT2D eigenvalue weighted by atomic mass is 16.3. The summed E-state index contributed by atoms with van der Waals surface area (Å²) in [5, 5.41) is 12.4. The van der Waals surface area contributed by atoms with Crippen molar-refractivity contribution < 1.29 is 9.21 Å². The number of nitrogens with zero attached hydrogens (tertiary/aromatic N) is 2. The molecule has 0 saturated heterocycles. The lowest BCUT2D eigenvalue weighted by atomic mass is 10.1. The SMILES string of the molecule is N#Cc1ccc(C(=O)N/N=C\c2ccco2)cc1. The Bertz CT molecular complexity index is 592. The van der Waals surface area contributed by atoms with E-state index in [1.807, 2.05) is 6.07 Å². The summed E-state index contributed by atoms with van der Waals surface area (Å²) < 4.78 is 5.01. The smallest absolute Gasteiger partial charge is 0.271 e. The van der Waals surface area contributed by atoms with E-state index in [1.54, 1.807) is 36.4 Å². The summed E-state index contributed by atoms with van der Waals surface area (Å²) in [5.41, 5.74) is 3.30. The quantitative estimate of drug-likeness (QED) is 0.656. The highest BCUT2D eigenvalue weighted by molar-refractivity contribution is 5.94. The molecule has 0 aliphatic carbocycles. The average molecular weight is 239 g/mol. The van der Waals surface area contributed by atoms with Gasteiger partial charge >= 0.3 is 0 Å². The lowest BCUT2D eigenvalue weighted by molar-refractivity contribution is 0.0955. The van der Waals surface area contributed by atoms with Gasteiger partial charge in [0.05, 0.1) is 24.1 Å². The first kappa shape index (κ1) is 11.6. The molecule has 2 aromatic rings. The summed E-state index contributed by atoms with van der Waals surface area (Å²) in [7, 11) is 0. The van der Waals surface area contributed by atoms with Crippen molar-refractivity contribution in [2.24, 2.45) is 5.10 Å². The van der Waals surface area contributed by atoms with Crippen LogP contribution in [-0.2, 0) is 0 Å². The Labute approximate surface area is 103 Å². The molecule has 5 heteroatoms. The number of rotatable bonds is 3. The third-order valence-electron chi connectivity index (χ3n) is 2.18. The molecule has 0 atom stereocenters. The van der Waals surface area contributed by atoms with Crippen molar-refractivity contribution in [2.45, 2.75) is 0 Å². The number of hydrazone groups is 1. The molecule has 2 rings (SSSR count). The van der Waals surface area contributed by atoms with Crippen LogP contribution in [0.5, 0.6) is 0 Å². The van der Waals surface area contributed by atoms with Gasteiger partial charge in [0.15, 0.2) is 0 Å². The predicted molar refractivity (Wildman–Crippen MR) is 64.9 cm³/mol. The van der Waals surface area contributed by atoms with Gasteiger partial charge in [0, 0.05) is 5.56 Å². The Kier molecular flexibility index (Phi) is 3.52. The molecule has 0 aliphatic rings. The molecule has 0 aliphatic heterocycles. The minimum Gasteiger partial charge on any atom is -0.463 e. The van der Waals surface area contributed by atoms with Crippen molar-refractivity contribution in [1.29, 1.82) is 5.26 Å². The van der Waals surface area contributed by atoms with Crippen molar-refractivity contribution in [1.82, 2.24) is 5.43 Å². The number of amides is 1. The highest BCUT2D eigenvalue weighted by Crippen LogP contribution is 2.03. The molecule has 0 fully saturated rings. The number of hydrogen-bond acceptors (Lipinski definition) is 4. The Hall–Kier alpha value is -2.87. The molecule has 1 aromatic heterocycles. The van der Waals surface area contributed by atoms with Crippen LogP contribution in [0.15, 0.2) is 52.2 Å². The number of nitriles is 1. The normalized spacial score (nSPS) is 10.2. The van der Waals surface area contributed by atoms with E-state index in [4.69, 9.17) is 9.68 Å². The van der Waals surface area contributed by atoms with Gasteiger partial charge in [0.25, 0.3) is 5.91 Å². The zero-order valence-electron chi connectivity index (χ0n) is 9.33. The zero-order valence-corrected chi connectivity index (χ0v) is 9.33. The summed E-state index contributed by atoms with van der Waals surface area (Å²) in [6.07, 6.45) is 2.92. The molecule has 1 aromatic carbocycles. The van der Waals surface area contributed by atoms with Crippen LogP contribution < -0.4 is 5.43 Å². The van der Waals surface area contributed by atoms with Crippen molar-refractivity contribution in [3.63, 3.8) is 0 Å². The fourth-order valence-electron chi connectivity index (χ4n) is 1.28. The molecule has 18 heavy (non-hydrogen) atoms. The number of carbonyl (C=O) groups excluding carboxylic acids is 1. The van der Waals surface area contributed by atoms with E-state index < -0.39 is 0 Å². The maximum Gasteiger partial charge on any atom is 0.271 e. The first-order valence-corrected chi connectivity index (χ1v) is 5.16. The van der Waals surface area contributed by atoms with Crippen molar-refractivity contribution in [3.8, 4) is 6.07 Å². The average Bonchev–Trinajstić information content (AvgIpc) is 2.92. The van der Waals surface area contributed by atoms with Crippen LogP contribution in [0.2, 0.25) is 0 Å². The van der Waals surface area contributed by atoms with Gasteiger partial charge in [-0.3, -0.25) is 4.79 Å². The monoisotopic (exact) mass is 239 g/mol. The summed E-state index contributed by atoms with van der Waals surface area (Å²) in [5.74, 6) is 0.206. The first-order valence-electron chi connectivity index (χ1n) is 5.16. The Morgan fingerprint density at radius 1 is 1.33 bits per heavy atom. The largest absolute Gasteiger partial charge is 0.463 e. The number of benzene rings is 1. The van der Waals surface area contributed by atoms with Crippen molar-refractivity contribution in [2.75, 3.05) is 0 Å². The minimum atomic E-state index is -0.345. The maximum absolute atomic E-state index is 11.6. The van der Waals surface area contributed by atoms with E-state index in [-0.39, 0.29) is 5.91 Å². The molecular weight excluding hydrogens is 230 g/mol. The Morgan fingerprint density at radius 2 is 2.11 bits per heavy atom. The molecule has 5 nitrogen and oxygen atoms in total. The first-order chi connectivity index (χ1) is 8.79. The zero-order chi connectivity index (χ0) is 12.8. The third-order valence-corrected chi connectivity index (χ3v) is 2.18. The summed E-state index contributed by atoms with van der Waals surface area (Å²) >= 11 is 0. The molecule has 88 valence electrons. The molecule has 1 amide bonds. The van der Waals surface area contributed by atoms with Crippen LogP contribution in [0.4, 0.5) is 0 Å². The van der Waals surface area contributed by atoms with E-state index in [0.29, 0.717) is 16.9 Å². The third kappa shape index (κ3) is 2.83. The van der Waals surface area contributed by atoms with E-state index >= 15 is 0 Å². The van der Waals surface area contributed by atoms with Gasteiger partial charge in [-0.1, -0.05) is 0 Å². The summed E-state index contributed by atoms with van der Waals surface area (Å²) in [4.78, 5) is 11.6. The van der Waals surface area contributed by atoms with Gasteiger partial charge in [-0.15, -0.1) is 0 Å². The Morgan fingerprint density at radius 3 is 2.72 bits per heavy atom. The van der Waals surface area contributed by atoms with E-state index in [1.165, 1.54) is 12.5 Å². The number of hydrogen-bond donors (Lipinski definition) is 1. The molecule has 0 spiro atoms. The topological polar surface area (TPSA) is 78.4 Å². The van der Waals surface area contributed by atoms with Gasteiger partial charge in [-0.2, -0.15) is 10.4 Å². The van der Waals surface area contributed by atoms with Gasteiger partial charge in [-0.25, -0.2) is 5.43 Å². The molecule has 1 heterocycles. The van der Waals surface area contributed by atoms with Gasteiger partial charge in [0.2, 0.25) is 0 Å². The fourth-order valence-corrected chi connectivity index (χ4v) is 1.28. The predicted octanol–water partition coefficient (Wildman–Crippen LogP) is 1.92. The van der Waals surface area contributed by atoms with Crippen LogP contribution in [0.1, 0.15) is 21.7 Å². The van der Waals surface area contributed by atoms with Crippen LogP contribution in [0.25, 0.3) is 0 Å². The van der Waals surface area contributed by atoms with E-state index in [2.05, 4.69) is 10.5 Å². The van der Waals surface area contributed by atoms with E-state index in [9.17, 15) is 4.79 Å². The molecule has 1 N–H and O–H groups in total. The Balaban J connectivity index is 1.97. The summed E-state index contributed by atoms with van der Waals surface area (Å²) in [6, 6.07) is 11.7. The molecular formula is C13H9N3O2. The fraction of sp³-hybridized carbons (Fsp3) is 0. The molecule has 0 radical (unpaired) electrons. The minimum absolute atomic E-state index is 0.345. The van der Waals surface area contributed by atoms with Gasteiger partial charge < -0.3 is 4.42 Å². The molecule has 0 saturated carbocycles. The van der Waals surface area contributed by atoms with Crippen molar-refractivity contribution >= 4 is 12.1 Å². The summed E-state index contributed by atoms with van der Waals surface area (Å²) in [6.45, 7) is 0. The lowest BCUT2D eigenvalue weighted by Crippen LogP contribution is -2.17. The second-order valence-electron chi connectivity index (χ2n) is 3.40.